The third-order valence-electron chi connectivity index (χ3n) is 4.24. The fourth-order valence-electron chi connectivity index (χ4n) is 2.43. The largest absolute Gasteiger partial charge is 0.497 e. The second-order valence-corrected chi connectivity index (χ2v) is 6.76. The lowest BCUT2D eigenvalue weighted by atomic mass is 10.2. The van der Waals surface area contributed by atoms with Gasteiger partial charge < -0.3 is 15.4 Å². The highest BCUT2D eigenvalue weighted by Gasteiger charge is 2.21. The average molecular weight is 390 g/mol. The van der Waals surface area contributed by atoms with Gasteiger partial charge in [0.05, 0.1) is 19.7 Å². The van der Waals surface area contributed by atoms with Crippen LogP contribution in [0.25, 0.3) is 0 Å². The van der Waals surface area contributed by atoms with Crippen LogP contribution in [-0.4, -0.2) is 43.5 Å². The van der Waals surface area contributed by atoms with Gasteiger partial charge in [-0.1, -0.05) is 23.7 Å². The number of amides is 2. The monoisotopic (exact) mass is 389 g/mol. The zero-order chi connectivity index (χ0) is 20.0. The van der Waals surface area contributed by atoms with Gasteiger partial charge in [0.15, 0.2) is 0 Å². The van der Waals surface area contributed by atoms with E-state index in [4.69, 9.17) is 16.3 Å². The van der Waals surface area contributed by atoms with Crippen molar-refractivity contribution in [3.8, 4) is 5.75 Å². The number of hydrogen-bond acceptors (Lipinski definition) is 4. The molecule has 144 valence electrons. The van der Waals surface area contributed by atoms with Gasteiger partial charge in [-0.15, -0.1) is 0 Å². The Morgan fingerprint density at radius 2 is 1.93 bits per heavy atom. The number of likely N-dealkylation sites (N-methyl/N-ethyl adjacent to an activating group) is 1. The molecule has 0 bridgehead atoms. The number of hydrogen-bond donors (Lipinski definition) is 2. The van der Waals surface area contributed by atoms with Crippen molar-refractivity contribution in [1.29, 1.82) is 0 Å². The topological polar surface area (TPSA) is 70.7 Å². The molecule has 0 heterocycles. The summed E-state index contributed by atoms with van der Waals surface area (Å²) in [6.45, 7) is 3.70. The highest BCUT2D eigenvalue weighted by atomic mass is 35.5. The minimum absolute atomic E-state index is 0.0698. The summed E-state index contributed by atoms with van der Waals surface area (Å²) >= 11 is 5.99. The molecule has 2 N–H and O–H groups in total. The lowest BCUT2D eigenvalue weighted by molar-refractivity contribution is -0.122. The van der Waals surface area contributed by atoms with Crippen LogP contribution in [0.3, 0.4) is 0 Å². The van der Waals surface area contributed by atoms with Crippen LogP contribution in [0.2, 0.25) is 5.02 Å². The Morgan fingerprint density at radius 3 is 2.63 bits per heavy atom. The molecule has 0 spiro atoms. The van der Waals surface area contributed by atoms with E-state index >= 15 is 0 Å². The SMILES string of the molecule is COc1cccc(NC(=O)CN(C)C(C)C(=O)Nc2cc(Cl)ccc2C)c1. The molecular weight excluding hydrogens is 366 g/mol. The Balaban J connectivity index is 1.93. The van der Waals surface area contributed by atoms with Crippen LogP contribution in [0.4, 0.5) is 11.4 Å². The molecule has 7 heteroatoms. The van der Waals surface area contributed by atoms with E-state index in [0.29, 0.717) is 22.1 Å². The highest BCUT2D eigenvalue weighted by molar-refractivity contribution is 6.31. The van der Waals surface area contributed by atoms with Crippen LogP contribution in [0.1, 0.15) is 12.5 Å². The molecule has 2 aromatic rings. The maximum atomic E-state index is 12.5. The summed E-state index contributed by atoms with van der Waals surface area (Å²) in [7, 11) is 3.29. The molecular formula is C20H24ClN3O3. The van der Waals surface area contributed by atoms with E-state index in [1.54, 1.807) is 62.4 Å². The number of ether oxygens (including phenoxy) is 1. The molecule has 6 nitrogen and oxygen atoms in total. The summed E-state index contributed by atoms with van der Waals surface area (Å²) in [5, 5.41) is 6.20. The maximum absolute atomic E-state index is 12.5. The first kappa shape index (κ1) is 20.7. The number of methoxy groups -OCH3 is 1. The number of anilines is 2. The molecule has 0 radical (unpaired) electrons. The zero-order valence-corrected chi connectivity index (χ0v) is 16.6. The minimum atomic E-state index is -0.501. The van der Waals surface area contributed by atoms with Crippen molar-refractivity contribution in [3.05, 3.63) is 53.1 Å². The number of aryl methyl sites for hydroxylation is 1. The lowest BCUT2D eigenvalue weighted by Gasteiger charge is -2.23. The zero-order valence-electron chi connectivity index (χ0n) is 15.9. The molecule has 2 aromatic carbocycles. The minimum Gasteiger partial charge on any atom is -0.497 e. The normalized spacial score (nSPS) is 11.8. The number of benzene rings is 2. The number of nitrogens with zero attached hydrogens (tertiary/aromatic N) is 1. The van der Waals surface area contributed by atoms with E-state index in [0.717, 1.165) is 5.56 Å². The molecule has 0 saturated heterocycles. The van der Waals surface area contributed by atoms with Gasteiger partial charge in [-0.05, 0) is 50.7 Å². The number of rotatable bonds is 7. The predicted molar refractivity (Wildman–Crippen MR) is 109 cm³/mol. The summed E-state index contributed by atoms with van der Waals surface area (Å²) < 4.78 is 5.14. The van der Waals surface area contributed by atoms with Gasteiger partial charge >= 0.3 is 0 Å². The van der Waals surface area contributed by atoms with E-state index in [1.807, 2.05) is 13.0 Å². The van der Waals surface area contributed by atoms with E-state index in [-0.39, 0.29) is 18.4 Å². The molecule has 0 aliphatic rings. The van der Waals surface area contributed by atoms with Crippen LogP contribution in [-0.2, 0) is 9.59 Å². The van der Waals surface area contributed by atoms with E-state index in [1.165, 1.54) is 0 Å². The third kappa shape index (κ3) is 5.98. The summed E-state index contributed by atoms with van der Waals surface area (Å²) in [5.41, 5.74) is 2.21. The van der Waals surface area contributed by atoms with Crippen LogP contribution in [0, 0.1) is 6.92 Å². The Kier molecular flexibility index (Phi) is 7.21. The first-order valence-electron chi connectivity index (χ1n) is 8.51. The van der Waals surface area contributed by atoms with Crippen LogP contribution < -0.4 is 15.4 Å². The van der Waals surface area contributed by atoms with Crippen molar-refractivity contribution in [1.82, 2.24) is 4.90 Å². The molecule has 0 aliphatic heterocycles. The van der Waals surface area contributed by atoms with Crippen LogP contribution >= 0.6 is 11.6 Å². The number of halogens is 1. The lowest BCUT2D eigenvalue weighted by Crippen LogP contribution is -2.43. The van der Waals surface area contributed by atoms with Gasteiger partial charge in [-0.2, -0.15) is 0 Å². The van der Waals surface area contributed by atoms with Gasteiger partial charge in [-0.25, -0.2) is 0 Å². The molecule has 2 amide bonds. The van der Waals surface area contributed by atoms with Crippen molar-refractivity contribution >= 4 is 34.8 Å². The quantitative estimate of drug-likeness (QED) is 0.759. The summed E-state index contributed by atoms with van der Waals surface area (Å²) in [5.74, 6) is 0.229. The standard InChI is InChI=1S/C20H24ClN3O3/c1-13-8-9-15(21)10-18(13)23-20(26)14(2)24(3)12-19(25)22-16-6-5-7-17(11-16)27-4/h5-11,14H,12H2,1-4H3,(H,22,25)(H,23,26). The summed E-state index contributed by atoms with van der Waals surface area (Å²) in [6.07, 6.45) is 0. The van der Waals surface area contributed by atoms with Crippen molar-refractivity contribution in [2.24, 2.45) is 0 Å². The van der Waals surface area contributed by atoms with Crippen molar-refractivity contribution in [2.75, 3.05) is 31.3 Å². The third-order valence-corrected chi connectivity index (χ3v) is 4.48. The first-order valence-corrected chi connectivity index (χ1v) is 8.89. The van der Waals surface area contributed by atoms with Crippen molar-refractivity contribution in [3.63, 3.8) is 0 Å². The highest BCUT2D eigenvalue weighted by Crippen LogP contribution is 2.21. The molecule has 1 atom stereocenters. The van der Waals surface area contributed by atoms with Gasteiger partial charge in [-0.3, -0.25) is 14.5 Å². The number of nitrogens with one attached hydrogen (secondary N) is 2. The van der Waals surface area contributed by atoms with Crippen molar-refractivity contribution in [2.45, 2.75) is 19.9 Å². The second-order valence-electron chi connectivity index (χ2n) is 6.32. The summed E-state index contributed by atoms with van der Waals surface area (Å²) in [6, 6.07) is 11.9. The van der Waals surface area contributed by atoms with Crippen LogP contribution in [0.15, 0.2) is 42.5 Å². The molecule has 0 fully saturated rings. The summed E-state index contributed by atoms with van der Waals surface area (Å²) in [4.78, 5) is 26.4. The molecule has 0 aromatic heterocycles. The fraction of sp³-hybridized carbons (Fsp3) is 0.300. The maximum Gasteiger partial charge on any atom is 0.241 e. The van der Waals surface area contributed by atoms with E-state index < -0.39 is 6.04 Å². The van der Waals surface area contributed by atoms with E-state index in [9.17, 15) is 9.59 Å². The molecule has 0 saturated carbocycles. The Labute approximate surface area is 164 Å². The second kappa shape index (κ2) is 9.39. The van der Waals surface area contributed by atoms with Gasteiger partial charge in [0.2, 0.25) is 11.8 Å². The van der Waals surface area contributed by atoms with Gasteiger partial charge in [0.25, 0.3) is 0 Å². The van der Waals surface area contributed by atoms with Crippen LogP contribution in [0.5, 0.6) is 5.75 Å². The molecule has 27 heavy (non-hydrogen) atoms. The van der Waals surface area contributed by atoms with E-state index in [2.05, 4.69) is 10.6 Å². The number of carbonyl (C=O) groups is 2. The first-order chi connectivity index (χ1) is 12.8. The molecule has 1 unspecified atom stereocenters. The Morgan fingerprint density at radius 1 is 1.19 bits per heavy atom. The average Bonchev–Trinajstić information content (AvgIpc) is 2.63. The Hall–Kier alpha value is -2.57. The fourth-order valence-corrected chi connectivity index (χ4v) is 2.60. The van der Waals surface area contributed by atoms with Crippen molar-refractivity contribution < 1.29 is 14.3 Å². The molecule has 0 aliphatic carbocycles. The van der Waals surface area contributed by atoms with Gasteiger partial charge in [0.1, 0.15) is 5.75 Å². The molecule has 2 rings (SSSR count). The number of carbonyl (C=O) groups excluding carboxylic acids is 2. The Bertz CT molecular complexity index is 826. The van der Waals surface area contributed by atoms with Gasteiger partial charge in [0, 0.05) is 22.5 Å². The smallest absolute Gasteiger partial charge is 0.241 e. The predicted octanol–water partition coefficient (Wildman–Crippen LogP) is 3.55.